The third-order valence-electron chi connectivity index (χ3n) is 6.07. The number of hydrogen-bond donors (Lipinski definition) is 1. The number of anilines is 1. The minimum Gasteiger partial charge on any atom is -0.312 e. The standard InChI is InChI=1S/C25H21N5O2/c1-2-20-22(28-23-18(14-26)15-27-30(23)25(20)32)17-9-6-10-19(13-17)29-12-11-21(24(29)31)16-7-4-3-5-8-16/h3-10,13,15,21,27H,2,11-12H2,1H3. The molecule has 0 saturated carbocycles. The molecule has 0 bridgehead atoms. The maximum Gasteiger partial charge on any atom is 0.276 e. The van der Waals surface area contributed by atoms with Crippen molar-refractivity contribution in [3.8, 4) is 17.3 Å². The van der Waals surface area contributed by atoms with Crippen molar-refractivity contribution in [1.29, 1.82) is 5.26 Å². The van der Waals surface area contributed by atoms with Gasteiger partial charge in [-0.1, -0.05) is 49.4 Å². The third kappa shape index (κ3) is 3.08. The van der Waals surface area contributed by atoms with E-state index in [4.69, 9.17) is 0 Å². The van der Waals surface area contributed by atoms with Gasteiger partial charge in [-0.15, -0.1) is 0 Å². The van der Waals surface area contributed by atoms with E-state index in [9.17, 15) is 14.9 Å². The quantitative estimate of drug-likeness (QED) is 0.542. The first-order valence-electron chi connectivity index (χ1n) is 10.6. The molecular formula is C25H21N5O2. The molecule has 0 spiro atoms. The lowest BCUT2D eigenvalue weighted by Crippen LogP contribution is -2.26. The molecule has 158 valence electrons. The van der Waals surface area contributed by atoms with E-state index in [-0.39, 0.29) is 17.4 Å². The molecule has 1 saturated heterocycles. The summed E-state index contributed by atoms with van der Waals surface area (Å²) in [5.41, 5.74) is 4.05. The second kappa shape index (κ2) is 7.82. The van der Waals surface area contributed by atoms with E-state index < -0.39 is 0 Å². The summed E-state index contributed by atoms with van der Waals surface area (Å²) >= 11 is 0. The van der Waals surface area contributed by atoms with Crippen LogP contribution in [0.1, 0.15) is 36.0 Å². The van der Waals surface area contributed by atoms with Crippen LogP contribution < -0.4 is 10.5 Å². The van der Waals surface area contributed by atoms with Gasteiger partial charge < -0.3 is 4.90 Å². The van der Waals surface area contributed by atoms with Gasteiger partial charge in [0.05, 0.1) is 11.6 Å². The fourth-order valence-corrected chi connectivity index (χ4v) is 4.44. The number of nitrogens with zero attached hydrogens (tertiary/aromatic N) is 4. The van der Waals surface area contributed by atoms with Crippen molar-refractivity contribution in [3.05, 3.63) is 87.8 Å². The average molecular weight is 423 g/mol. The number of H-pyrrole nitrogens is 1. The van der Waals surface area contributed by atoms with Gasteiger partial charge in [-0.25, -0.2) is 9.50 Å². The molecule has 5 rings (SSSR count). The van der Waals surface area contributed by atoms with Crippen LogP contribution in [0, 0.1) is 11.3 Å². The van der Waals surface area contributed by atoms with Crippen molar-refractivity contribution < 1.29 is 4.79 Å². The van der Waals surface area contributed by atoms with Gasteiger partial charge in [-0.05, 0) is 30.5 Å². The second-order valence-electron chi connectivity index (χ2n) is 7.85. The van der Waals surface area contributed by atoms with Gasteiger partial charge in [-0.3, -0.25) is 14.7 Å². The molecule has 1 aliphatic heterocycles. The summed E-state index contributed by atoms with van der Waals surface area (Å²) in [6.07, 6.45) is 2.73. The van der Waals surface area contributed by atoms with Crippen LogP contribution in [0.25, 0.3) is 16.9 Å². The van der Waals surface area contributed by atoms with Gasteiger partial charge in [0, 0.05) is 29.6 Å². The molecule has 4 aromatic rings. The van der Waals surface area contributed by atoms with Crippen molar-refractivity contribution in [1.82, 2.24) is 14.6 Å². The molecule has 0 aliphatic carbocycles. The first-order chi connectivity index (χ1) is 15.6. The highest BCUT2D eigenvalue weighted by Crippen LogP contribution is 2.34. The lowest BCUT2D eigenvalue weighted by Gasteiger charge is -2.18. The van der Waals surface area contributed by atoms with Gasteiger partial charge in [-0.2, -0.15) is 5.26 Å². The maximum absolute atomic E-state index is 13.2. The van der Waals surface area contributed by atoms with Crippen LogP contribution in [0.5, 0.6) is 0 Å². The Morgan fingerprint density at radius 2 is 1.97 bits per heavy atom. The summed E-state index contributed by atoms with van der Waals surface area (Å²) < 4.78 is 1.30. The Labute approximate surface area is 184 Å². The van der Waals surface area contributed by atoms with Crippen LogP contribution >= 0.6 is 0 Å². The zero-order valence-electron chi connectivity index (χ0n) is 17.6. The molecule has 7 heteroatoms. The van der Waals surface area contributed by atoms with E-state index in [0.29, 0.717) is 35.4 Å². The van der Waals surface area contributed by atoms with Gasteiger partial charge in [0.25, 0.3) is 5.56 Å². The zero-order chi connectivity index (χ0) is 22.2. The highest BCUT2D eigenvalue weighted by Gasteiger charge is 2.33. The molecule has 2 aromatic carbocycles. The summed E-state index contributed by atoms with van der Waals surface area (Å²) in [5.74, 6) is -0.0758. The number of amides is 1. The zero-order valence-corrected chi connectivity index (χ0v) is 17.6. The van der Waals surface area contributed by atoms with Gasteiger partial charge >= 0.3 is 0 Å². The number of benzene rings is 2. The summed E-state index contributed by atoms with van der Waals surface area (Å²) in [4.78, 5) is 32.6. The lowest BCUT2D eigenvalue weighted by molar-refractivity contribution is -0.118. The molecule has 0 radical (unpaired) electrons. The Kier molecular flexibility index (Phi) is 4.83. The number of hydrogen-bond acceptors (Lipinski definition) is 4. The van der Waals surface area contributed by atoms with E-state index in [1.165, 1.54) is 10.7 Å². The van der Waals surface area contributed by atoms with E-state index in [1.807, 2.05) is 61.5 Å². The van der Waals surface area contributed by atoms with Crippen LogP contribution in [0.3, 0.4) is 0 Å². The smallest absolute Gasteiger partial charge is 0.276 e. The summed E-state index contributed by atoms with van der Waals surface area (Å²) in [5, 5.41) is 12.2. The molecule has 32 heavy (non-hydrogen) atoms. The maximum atomic E-state index is 13.2. The fraction of sp³-hybridized carbons (Fsp3) is 0.200. The Hall–Kier alpha value is -4.18. The highest BCUT2D eigenvalue weighted by molar-refractivity contribution is 6.00. The van der Waals surface area contributed by atoms with Crippen molar-refractivity contribution in [2.45, 2.75) is 25.7 Å². The number of nitrogens with one attached hydrogen (secondary N) is 1. The van der Waals surface area contributed by atoms with Gasteiger partial charge in [0.2, 0.25) is 5.91 Å². The first-order valence-corrected chi connectivity index (χ1v) is 10.6. The van der Waals surface area contributed by atoms with Crippen molar-refractivity contribution in [2.24, 2.45) is 0 Å². The number of aromatic nitrogens is 3. The van der Waals surface area contributed by atoms with Gasteiger partial charge in [0.1, 0.15) is 11.6 Å². The van der Waals surface area contributed by atoms with Crippen LogP contribution in [-0.4, -0.2) is 27.0 Å². The van der Waals surface area contributed by atoms with Crippen molar-refractivity contribution >= 4 is 17.2 Å². The molecule has 1 fully saturated rings. The predicted molar refractivity (Wildman–Crippen MR) is 121 cm³/mol. The topological polar surface area (TPSA) is 94.3 Å². The SMILES string of the molecule is CCc1c(-c2cccc(N3CCC(c4ccccc4)C3=O)c2)nc2c(C#N)c[nH]n2c1=O. The van der Waals surface area contributed by atoms with Crippen molar-refractivity contribution in [3.63, 3.8) is 0 Å². The van der Waals surface area contributed by atoms with E-state index >= 15 is 0 Å². The van der Waals surface area contributed by atoms with E-state index in [1.54, 1.807) is 4.90 Å². The third-order valence-corrected chi connectivity index (χ3v) is 6.07. The fourth-order valence-electron chi connectivity index (χ4n) is 4.44. The van der Waals surface area contributed by atoms with Crippen LogP contribution in [-0.2, 0) is 11.2 Å². The van der Waals surface area contributed by atoms with Gasteiger partial charge in [0.15, 0.2) is 5.65 Å². The number of nitriles is 1. The minimum absolute atomic E-state index is 0.0740. The second-order valence-corrected chi connectivity index (χ2v) is 7.85. The number of aromatic amines is 1. The van der Waals surface area contributed by atoms with E-state index in [0.717, 1.165) is 23.2 Å². The van der Waals surface area contributed by atoms with Crippen LogP contribution in [0.2, 0.25) is 0 Å². The van der Waals surface area contributed by atoms with Crippen LogP contribution in [0.15, 0.2) is 65.6 Å². The molecule has 1 atom stereocenters. The highest BCUT2D eigenvalue weighted by atomic mass is 16.2. The summed E-state index contributed by atoms with van der Waals surface area (Å²) in [6.45, 7) is 2.54. The predicted octanol–water partition coefficient (Wildman–Crippen LogP) is 3.64. The van der Waals surface area contributed by atoms with Crippen molar-refractivity contribution in [2.75, 3.05) is 11.4 Å². The summed E-state index contributed by atoms with van der Waals surface area (Å²) in [6, 6.07) is 19.5. The Balaban J connectivity index is 1.57. The molecule has 2 aromatic heterocycles. The normalized spacial score (nSPS) is 15.9. The Morgan fingerprint density at radius 1 is 1.16 bits per heavy atom. The minimum atomic E-state index is -0.221. The number of carbonyl (C=O) groups is 1. The molecule has 1 N–H and O–H groups in total. The Morgan fingerprint density at radius 3 is 2.72 bits per heavy atom. The molecule has 7 nitrogen and oxygen atoms in total. The van der Waals surface area contributed by atoms with E-state index in [2.05, 4.69) is 16.2 Å². The summed E-state index contributed by atoms with van der Waals surface area (Å²) in [7, 11) is 0. The molecule has 1 aliphatic rings. The number of rotatable bonds is 4. The largest absolute Gasteiger partial charge is 0.312 e. The molecule has 1 amide bonds. The number of carbonyl (C=O) groups excluding carboxylic acids is 1. The molecular weight excluding hydrogens is 402 g/mol. The van der Waals surface area contributed by atoms with Crippen LogP contribution in [0.4, 0.5) is 5.69 Å². The lowest BCUT2D eigenvalue weighted by atomic mass is 9.98. The number of fused-ring (bicyclic) bond motifs is 1. The first kappa shape index (κ1) is 19.8. The molecule has 3 heterocycles. The molecule has 1 unspecified atom stereocenters. The average Bonchev–Trinajstić information content (AvgIpc) is 3.43. The monoisotopic (exact) mass is 423 g/mol. The Bertz CT molecular complexity index is 1430.